The van der Waals surface area contributed by atoms with Crippen LogP contribution in [0.1, 0.15) is 31.7 Å². The van der Waals surface area contributed by atoms with E-state index < -0.39 is 0 Å². The highest BCUT2D eigenvalue weighted by atomic mass is 35.5. The Morgan fingerprint density at radius 1 is 1.53 bits per heavy atom. The van der Waals surface area contributed by atoms with Crippen molar-refractivity contribution in [1.29, 1.82) is 0 Å². The molecule has 1 N–H and O–H groups in total. The third-order valence-corrected chi connectivity index (χ3v) is 4.08. The second-order valence-electron chi connectivity index (χ2n) is 5.12. The molecule has 1 aromatic rings. The highest BCUT2D eigenvalue weighted by molar-refractivity contribution is 6.30. The fraction of sp³-hybridized carbons (Fsp3) is 0.533. The lowest BCUT2D eigenvalue weighted by atomic mass is 9.78. The van der Waals surface area contributed by atoms with Crippen molar-refractivity contribution in [3.63, 3.8) is 0 Å². The Kier molecular flexibility index (Phi) is 4.83. The van der Waals surface area contributed by atoms with E-state index in [1.165, 1.54) is 0 Å². The largest absolute Gasteiger partial charge is 0.460 e. The summed E-state index contributed by atoms with van der Waals surface area (Å²) >= 11 is 5.91. The molecule has 0 aliphatic carbocycles. The number of esters is 1. The number of piperidine rings is 1. The number of ether oxygens (including phenoxy) is 1. The molecule has 4 heteroatoms. The Morgan fingerprint density at radius 3 is 3.00 bits per heavy atom. The maximum atomic E-state index is 12.3. The molecular formula is C15H20ClNO2. The van der Waals surface area contributed by atoms with Crippen LogP contribution in [0.25, 0.3) is 0 Å². The number of benzene rings is 1. The lowest BCUT2D eigenvalue weighted by molar-refractivity contribution is -0.158. The maximum Gasteiger partial charge on any atom is 0.313 e. The lowest BCUT2D eigenvalue weighted by Crippen LogP contribution is -2.45. The summed E-state index contributed by atoms with van der Waals surface area (Å²) in [7, 11) is 0. The van der Waals surface area contributed by atoms with Crippen molar-refractivity contribution in [2.24, 2.45) is 5.41 Å². The Bertz CT molecular complexity index is 442. The van der Waals surface area contributed by atoms with Gasteiger partial charge in [0.15, 0.2) is 0 Å². The Balaban J connectivity index is 1.96. The molecule has 0 aromatic heterocycles. The summed E-state index contributed by atoms with van der Waals surface area (Å²) in [5.41, 5.74) is 0.576. The minimum atomic E-state index is -0.350. The first kappa shape index (κ1) is 14.4. The standard InChI is InChI=1S/C15H20ClNO2/c1-2-15(7-4-8-17-11-15)14(18)19-10-12-5-3-6-13(16)9-12/h3,5-6,9,17H,2,4,7-8,10-11H2,1H3. The first-order valence-corrected chi connectivity index (χ1v) is 7.16. The molecule has 19 heavy (non-hydrogen) atoms. The van der Waals surface area contributed by atoms with E-state index in [1.54, 1.807) is 0 Å². The average Bonchev–Trinajstić information content (AvgIpc) is 2.45. The van der Waals surface area contributed by atoms with E-state index in [-0.39, 0.29) is 11.4 Å². The molecule has 1 atom stereocenters. The van der Waals surface area contributed by atoms with Crippen LogP contribution in [-0.4, -0.2) is 19.1 Å². The second-order valence-corrected chi connectivity index (χ2v) is 5.56. The molecule has 0 saturated carbocycles. The zero-order valence-corrected chi connectivity index (χ0v) is 12.0. The van der Waals surface area contributed by atoms with Gasteiger partial charge in [-0.15, -0.1) is 0 Å². The Morgan fingerprint density at radius 2 is 2.37 bits per heavy atom. The molecule has 104 valence electrons. The third-order valence-electron chi connectivity index (χ3n) is 3.84. The number of hydrogen-bond acceptors (Lipinski definition) is 3. The molecule has 1 saturated heterocycles. The molecule has 0 spiro atoms. The van der Waals surface area contributed by atoms with Crippen molar-refractivity contribution in [3.05, 3.63) is 34.9 Å². The SMILES string of the molecule is CCC1(C(=O)OCc2cccc(Cl)c2)CCCNC1. The van der Waals surface area contributed by atoms with Gasteiger partial charge in [0, 0.05) is 11.6 Å². The van der Waals surface area contributed by atoms with E-state index in [0.29, 0.717) is 11.6 Å². The summed E-state index contributed by atoms with van der Waals surface area (Å²) < 4.78 is 5.48. The van der Waals surface area contributed by atoms with Gasteiger partial charge in [0.05, 0.1) is 5.41 Å². The average molecular weight is 282 g/mol. The number of hydrogen-bond donors (Lipinski definition) is 1. The van der Waals surface area contributed by atoms with Crippen LogP contribution >= 0.6 is 11.6 Å². The predicted octanol–water partition coefficient (Wildman–Crippen LogP) is 3.16. The maximum absolute atomic E-state index is 12.3. The van der Waals surface area contributed by atoms with Gasteiger partial charge < -0.3 is 10.1 Å². The first-order valence-electron chi connectivity index (χ1n) is 6.79. The summed E-state index contributed by atoms with van der Waals surface area (Å²) in [5, 5.41) is 3.96. The Hall–Kier alpha value is -1.06. The highest BCUT2D eigenvalue weighted by Gasteiger charge is 2.39. The van der Waals surface area contributed by atoms with Gasteiger partial charge in [-0.3, -0.25) is 4.79 Å². The van der Waals surface area contributed by atoms with Gasteiger partial charge in [0.2, 0.25) is 0 Å². The van der Waals surface area contributed by atoms with Crippen LogP contribution in [0.3, 0.4) is 0 Å². The van der Waals surface area contributed by atoms with Gasteiger partial charge >= 0.3 is 5.97 Å². The van der Waals surface area contributed by atoms with Gasteiger partial charge in [0.1, 0.15) is 6.61 Å². The third kappa shape index (κ3) is 3.48. The fourth-order valence-corrected chi connectivity index (χ4v) is 2.73. The molecular weight excluding hydrogens is 262 g/mol. The topological polar surface area (TPSA) is 38.3 Å². The van der Waals surface area contributed by atoms with Crippen molar-refractivity contribution >= 4 is 17.6 Å². The Labute approximate surface area is 119 Å². The summed E-state index contributed by atoms with van der Waals surface area (Å²) in [4.78, 5) is 12.3. The van der Waals surface area contributed by atoms with Gasteiger partial charge in [0.25, 0.3) is 0 Å². The number of nitrogens with one attached hydrogen (secondary N) is 1. The zero-order chi connectivity index (χ0) is 13.7. The molecule has 1 heterocycles. The molecule has 3 nitrogen and oxygen atoms in total. The normalized spacial score (nSPS) is 23.1. The zero-order valence-electron chi connectivity index (χ0n) is 11.2. The number of rotatable bonds is 4. The monoisotopic (exact) mass is 281 g/mol. The summed E-state index contributed by atoms with van der Waals surface area (Å²) in [6.45, 7) is 4.05. The molecule has 0 amide bonds. The van der Waals surface area contributed by atoms with Crippen LogP contribution in [0, 0.1) is 5.41 Å². The fourth-order valence-electron chi connectivity index (χ4n) is 2.52. The van der Waals surface area contributed by atoms with Crippen LogP contribution in [0.15, 0.2) is 24.3 Å². The van der Waals surface area contributed by atoms with Gasteiger partial charge in [-0.05, 0) is 43.5 Å². The van der Waals surface area contributed by atoms with Crippen molar-refractivity contribution in [2.75, 3.05) is 13.1 Å². The minimum Gasteiger partial charge on any atom is -0.460 e. The molecule has 1 fully saturated rings. The number of carbonyl (C=O) groups is 1. The molecule has 1 aromatic carbocycles. The quantitative estimate of drug-likeness (QED) is 0.862. The van der Waals surface area contributed by atoms with E-state index in [1.807, 2.05) is 31.2 Å². The molecule has 1 aliphatic heterocycles. The summed E-state index contributed by atoms with van der Waals surface area (Å²) in [5.74, 6) is -0.0952. The van der Waals surface area contributed by atoms with Crippen molar-refractivity contribution in [2.45, 2.75) is 32.8 Å². The van der Waals surface area contributed by atoms with Crippen molar-refractivity contribution in [3.8, 4) is 0 Å². The van der Waals surface area contributed by atoms with Gasteiger partial charge in [-0.2, -0.15) is 0 Å². The summed E-state index contributed by atoms with van der Waals surface area (Å²) in [6, 6.07) is 7.41. The van der Waals surface area contributed by atoms with Crippen LogP contribution in [-0.2, 0) is 16.1 Å². The van der Waals surface area contributed by atoms with Crippen LogP contribution in [0.4, 0.5) is 0 Å². The summed E-state index contributed by atoms with van der Waals surface area (Å²) in [6.07, 6.45) is 2.75. The predicted molar refractivity (Wildman–Crippen MR) is 76.1 cm³/mol. The molecule has 1 unspecified atom stereocenters. The second kappa shape index (κ2) is 6.40. The van der Waals surface area contributed by atoms with Crippen LogP contribution in [0.2, 0.25) is 5.02 Å². The number of carbonyl (C=O) groups excluding carboxylic acids is 1. The van der Waals surface area contributed by atoms with E-state index >= 15 is 0 Å². The minimum absolute atomic E-state index is 0.0952. The molecule has 1 aliphatic rings. The highest BCUT2D eigenvalue weighted by Crippen LogP contribution is 2.31. The number of halogens is 1. The van der Waals surface area contributed by atoms with E-state index in [2.05, 4.69) is 5.32 Å². The van der Waals surface area contributed by atoms with E-state index in [4.69, 9.17) is 16.3 Å². The molecule has 2 rings (SSSR count). The van der Waals surface area contributed by atoms with E-state index in [9.17, 15) is 4.79 Å². The van der Waals surface area contributed by atoms with E-state index in [0.717, 1.165) is 37.9 Å². The molecule has 0 bridgehead atoms. The smallest absolute Gasteiger partial charge is 0.313 e. The van der Waals surface area contributed by atoms with Crippen LogP contribution < -0.4 is 5.32 Å². The van der Waals surface area contributed by atoms with Crippen molar-refractivity contribution in [1.82, 2.24) is 5.32 Å². The first-order chi connectivity index (χ1) is 9.16. The van der Waals surface area contributed by atoms with Crippen molar-refractivity contribution < 1.29 is 9.53 Å². The van der Waals surface area contributed by atoms with Gasteiger partial charge in [-0.25, -0.2) is 0 Å². The molecule has 0 radical (unpaired) electrons. The van der Waals surface area contributed by atoms with Crippen LogP contribution in [0.5, 0.6) is 0 Å². The van der Waals surface area contributed by atoms with Gasteiger partial charge in [-0.1, -0.05) is 30.7 Å². The lowest BCUT2D eigenvalue weighted by Gasteiger charge is -2.34.